The van der Waals surface area contributed by atoms with E-state index >= 15 is 0 Å². The van der Waals surface area contributed by atoms with E-state index in [4.69, 9.17) is 24.8 Å². The first-order chi connectivity index (χ1) is 11.2. The minimum Gasteiger partial charge on any atom is -0.492 e. The zero-order valence-electron chi connectivity index (χ0n) is 12.4. The molecule has 2 aromatic rings. The second-order valence-electron chi connectivity index (χ2n) is 4.36. The van der Waals surface area contributed by atoms with Crippen LogP contribution in [0, 0.1) is 22.7 Å². The Hall–Kier alpha value is -3.29. The van der Waals surface area contributed by atoms with E-state index in [9.17, 15) is 0 Å². The molecule has 0 aliphatic rings. The smallest absolute Gasteiger partial charge is 0.237 e. The Morgan fingerprint density at radius 1 is 1.30 bits per heavy atom. The maximum Gasteiger partial charge on any atom is 0.237 e. The minimum atomic E-state index is -0.293. The van der Waals surface area contributed by atoms with Gasteiger partial charge in [0.2, 0.25) is 5.71 Å². The summed E-state index contributed by atoms with van der Waals surface area (Å²) in [5.41, 5.74) is 3.60. The van der Waals surface area contributed by atoms with Crippen molar-refractivity contribution in [3.8, 4) is 29.2 Å². The van der Waals surface area contributed by atoms with Gasteiger partial charge in [-0.3, -0.25) is 5.43 Å². The monoisotopic (exact) mass is 310 g/mol. The molecule has 0 saturated carbocycles. The number of hydrogen-bond acceptors (Lipinski definition) is 7. The van der Waals surface area contributed by atoms with Gasteiger partial charge in [0.05, 0.1) is 12.3 Å². The Morgan fingerprint density at radius 2 is 2.09 bits per heavy atom. The number of aliphatic hydroxyl groups excluding tert-OH is 1. The normalized spacial score (nSPS) is 9.57. The van der Waals surface area contributed by atoms with Crippen molar-refractivity contribution in [1.29, 1.82) is 10.5 Å². The van der Waals surface area contributed by atoms with Crippen LogP contribution in [0.5, 0.6) is 5.75 Å². The highest BCUT2D eigenvalue weighted by Gasteiger charge is 2.10. The lowest BCUT2D eigenvalue weighted by molar-refractivity contribution is 0.248. The largest absolute Gasteiger partial charge is 0.492 e. The van der Waals surface area contributed by atoms with E-state index < -0.39 is 0 Å². The molecule has 0 bridgehead atoms. The fraction of sp³-hybridized carbons (Fsp3) is 0.188. The van der Waals surface area contributed by atoms with E-state index in [0.717, 1.165) is 5.56 Å². The van der Waals surface area contributed by atoms with Gasteiger partial charge in [0.25, 0.3) is 0 Å². The van der Waals surface area contributed by atoms with Crippen LogP contribution < -0.4 is 10.2 Å². The van der Waals surface area contributed by atoms with Gasteiger partial charge in [0.1, 0.15) is 36.0 Å². The first-order valence-electron chi connectivity index (χ1n) is 6.82. The third kappa shape index (κ3) is 3.88. The second-order valence-corrected chi connectivity index (χ2v) is 4.36. The van der Waals surface area contributed by atoms with Crippen molar-refractivity contribution in [3.63, 3.8) is 0 Å². The molecule has 0 spiro atoms. The highest BCUT2D eigenvalue weighted by molar-refractivity contribution is 6.10. The average molecular weight is 310 g/mol. The molecule has 1 aromatic heterocycles. The molecular formula is C16H14N4O3. The van der Waals surface area contributed by atoms with Crippen LogP contribution >= 0.6 is 0 Å². The molecule has 1 aromatic carbocycles. The summed E-state index contributed by atoms with van der Waals surface area (Å²) in [4.78, 5) is 0. The SMILES string of the molecule is CCOc1ccc(-c2ccc(CO)o2)cc1NN=C(C#N)C#N. The van der Waals surface area contributed by atoms with Crippen molar-refractivity contribution >= 4 is 11.4 Å². The number of nitrogens with zero attached hydrogens (tertiary/aromatic N) is 3. The summed E-state index contributed by atoms with van der Waals surface area (Å²) in [6.45, 7) is 2.12. The van der Waals surface area contributed by atoms with Gasteiger partial charge in [0.15, 0.2) is 0 Å². The molecule has 0 unspecified atom stereocenters. The number of aliphatic hydroxyl groups is 1. The number of benzene rings is 1. The van der Waals surface area contributed by atoms with Crippen molar-refractivity contribution < 1.29 is 14.3 Å². The molecular weight excluding hydrogens is 296 g/mol. The Bertz CT molecular complexity index is 780. The number of nitrogens with one attached hydrogen (secondary N) is 1. The fourth-order valence-electron chi connectivity index (χ4n) is 1.86. The van der Waals surface area contributed by atoms with E-state index in [1.165, 1.54) is 0 Å². The molecule has 0 atom stereocenters. The van der Waals surface area contributed by atoms with Crippen molar-refractivity contribution in [2.45, 2.75) is 13.5 Å². The number of hydrazone groups is 1. The molecule has 0 fully saturated rings. The standard InChI is InChI=1S/C16H14N4O3/c1-2-22-16-5-3-11(15-6-4-13(10-21)23-15)7-14(16)20-19-12(8-17)9-18/h3-7,20-21H,2,10H2,1H3. The quantitative estimate of drug-likeness (QED) is 0.626. The van der Waals surface area contributed by atoms with Crippen LogP contribution in [0.3, 0.4) is 0 Å². The molecule has 0 amide bonds. The maximum atomic E-state index is 9.06. The van der Waals surface area contributed by atoms with Gasteiger partial charge in [0, 0.05) is 5.56 Å². The van der Waals surface area contributed by atoms with Crippen LogP contribution in [-0.4, -0.2) is 17.4 Å². The average Bonchev–Trinajstić information content (AvgIpc) is 3.06. The Labute approximate surface area is 133 Å². The maximum absolute atomic E-state index is 9.06. The van der Waals surface area contributed by atoms with Crippen LogP contribution in [0.25, 0.3) is 11.3 Å². The van der Waals surface area contributed by atoms with Gasteiger partial charge in [-0.1, -0.05) is 0 Å². The summed E-state index contributed by atoms with van der Waals surface area (Å²) in [6.07, 6.45) is 0. The molecule has 7 heteroatoms. The van der Waals surface area contributed by atoms with Crippen molar-refractivity contribution in [2.24, 2.45) is 5.10 Å². The van der Waals surface area contributed by atoms with Crippen LogP contribution in [0.15, 0.2) is 39.9 Å². The summed E-state index contributed by atoms with van der Waals surface area (Å²) >= 11 is 0. The lowest BCUT2D eigenvalue weighted by Gasteiger charge is -2.10. The predicted molar refractivity (Wildman–Crippen MR) is 83.5 cm³/mol. The minimum absolute atomic E-state index is 0.180. The molecule has 116 valence electrons. The summed E-state index contributed by atoms with van der Waals surface area (Å²) in [6, 6.07) is 12.0. The molecule has 0 saturated heterocycles. The summed E-state index contributed by atoms with van der Waals surface area (Å²) in [7, 11) is 0. The van der Waals surface area contributed by atoms with Gasteiger partial charge < -0.3 is 14.3 Å². The molecule has 23 heavy (non-hydrogen) atoms. The summed E-state index contributed by atoms with van der Waals surface area (Å²) in [5, 5.41) is 30.2. The lowest BCUT2D eigenvalue weighted by Crippen LogP contribution is -2.00. The highest BCUT2D eigenvalue weighted by atomic mass is 16.5. The van der Waals surface area contributed by atoms with E-state index in [2.05, 4.69) is 10.5 Å². The summed E-state index contributed by atoms with van der Waals surface area (Å²) < 4.78 is 11.0. The lowest BCUT2D eigenvalue weighted by atomic mass is 10.1. The van der Waals surface area contributed by atoms with Crippen LogP contribution in [-0.2, 0) is 6.61 Å². The van der Waals surface area contributed by atoms with Crippen LogP contribution in [0.2, 0.25) is 0 Å². The molecule has 7 nitrogen and oxygen atoms in total. The topological polar surface area (TPSA) is 115 Å². The van der Waals surface area contributed by atoms with E-state index in [1.54, 1.807) is 42.5 Å². The third-order valence-electron chi connectivity index (χ3n) is 2.88. The number of furan rings is 1. The van der Waals surface area contributed by atoms with Gasteiger partial charge in [-0.05, 0) is 37.3 Å². The van der Waals surface area contributed by atoms with Crippen molar-refractivity contribution in [3.05, 3.63) is 36.1 Å². The Balaban J connectivity index is 2.37. The molecule has 0 aliphatic heterocycles. The fourth-order valence-corrected chi connectivity index (χ4v) is 1.86. The Kier molecular flexibility index (Phi) is 5.35. The number of anilines is 1. The molecule has 0 radical (unpaired) electrons. The molecule has 2 rings (SSSR count). The van der Waals surface area contributed by atoms with Gasteiger partial charge in [-0.25, -0.2) is 0 Å². The summed E-state index contributed by atoms with van der Waals surface area (Å²) in [5.74, 6) is 1.56. The van der Waals surface area contributed by atoms with Crippen molar-refractivity contribution in [1.82, 2.24) is 0 Å². The zero-order valence-corrected chi connectivity index (χ0v) is 12.4. The first-order valence-corrected chi connectivity index (χ1v) is 6.82. The van der Waals surface area contributed by atoms with Gasteiger partial charge in [-0.2, -0.15) is 15.6 Å². The number of nitriles is 2. The number of rotatable bonds is 6. The van der Waals surface area contributed by atoms with E-state index in [0.29, 0.717) is 29.6 Å². The first kappa shape index (κ1) is 16.1. The predicted octanol–water partition coefficient (Wildman–Crippen LogP) is 2.65. The highest BCUT2D eigenvalue weighted by Crippen LogP contribution is 2.31. The zero-order chi connectivity index (χ0) is 16.7. The number of hydrogen-bond donors (Lipinski definition) is 2. The van der Waals surface area contributed by atoms with Crippen molar-refractivity contribution in [2.75, 3.05) is 12.0 Å². The Morgan fingerprint density at radius 3 is 2.70 bits per heavy atom. The van der Waals surface area contributed by atoms with E-state index in [-0.39, 0.29) is 12.3 Å². The van der Waals surface area contributed by atoms with Crippen LogP contribution in [0.1, 0.15) is 12.7 Å². The second kappa shape index (κ2) is 7.64. The molecule has 0 aliphatic carbocycles. The third-order valence-corrected chi connectivity index (χ3v) is 2.88. The van der Waals surface area contributed by atoms with Crippen LogP contribution in [0.4, 0.5) is 5.69 Å². The van der Waals surface area contributed by atoms with Gasteiger partial charge >= 0.3 is 0 Å². The van der Waals surface area contributed by atoms with Gasteiger partial charge in [-0.15, -0.1) is 0 Å². The molecule has 1 heterocycles. The molecule has 2 N–H and O–H groups in total. The number of ether oxygens (including phenoxy) is 1. The van der Waals surface area contributed by atoms with E-state index in [1.807, 2.05) is 6.92 Å².